The summed E-state index contributed by atoms with van der Waals surface area (Å²) in [6.07, 6.45) is 1.14. The lowest BCUT2D eigenvalue weighted by Gasteiger charge is -2.22. The first kappa shape index (κ1) is 18.6. The predicted octanol–water partition coefficient (Wildman–Crippen LogP) is 2.68. The largest absolute Gasteiger partial charge is 0.323 e. The lowest BCUT2D eigenvalue weighted by Crippen LogP contribution is -2.42. The van der Waals surface area contributed by atoms with E-state index < -0.39 is 15.9 Å². The van der Waals surface area contributed by atoms with Crippen molar-refractivity contribution in [3.05, 3.63) is 53.6 Å². The van der Waals surface area contributed by atoms with Crippen LogP contribution in [0.3, 0.4) is 0 Å². The van der Waals surface area contributed by atoms with Crippen molar-refractivity contribution in [1.82, 2.24) is 9.88 Å². The summed E-state index contributed by atoms with van der Waals surface area (Å²) in [6.45, 7) is 2.06. The molecular formula is C19H17N3O4S2. The number of fused-ring (bicyclic) bond motifs is 2. The fraction of sp³-hybridized carbons (Fsp3) is 0.211. The molecule has 1 aliphatic heterocycles. The summed E-state index contributed by atoms with van der Waals surface area (Å²) >= 11 is 1.19. The van der Waals surface area contributed by atoms with E-state index in [1.807, 2.05) is 12.1 Å². The van der Waals surface area contributed by atoms with Crippen LogP contribution >= 0.6 is 11.3 Å². The van der Waals surface area contributed by atoms with Crippen molar-refractivity contribution in [1.29, 1.82) is 0 Å². The Balaban J connectivity index is 1.53. The van der Waals surface area contributed by atoms with Crippen LogP contribution in [0.25, 0.3) is 10.2 Å². The monoisotopic (exact) mass is 415 g/mol. The normalized spacial score (nSPS) is 14.9. The molecule has 1 atom stereocenters. The molecule has 3 aromatic rings. The third-order valence-corrected chi connectivity index (χ3v) is 6.76. The third-order valence-electron chi connectivity index (χ3n) is 4.71. The maximum Gasteiger partial charge on any atom is 0.255 e. The summed E-state index contributed by atoms with van der Waals surface area (Å²) in [4.78, 5) is 31.3. The topological polar surface area (TPSA) is 96.4 Å². The molecular weight excluding hydrogens is 398 g/mol. The highest BCUT2D eigenvalue weighted by atomic mass is 32.2. The molecule has 0 aliphatic carbocycles. The van der Waals surface area contributed by atoms with Gasteiger partial charge in [-0.05, 0) is 36.8 Å². The average molecular weight is 415 g/mol. The SMILES string of the molecule is CC(C(=O)Nc1nc2ccc(S(C)(=O)=O)cc2s1)N1Cc2ccccc2C1=O. The summed E-state index contributed by atoms with van der Waals surface area (Å²) in [7, 11) is -3.32. The van der Waals surface area contributed by atoms with Crippen LogP contribution < -0.4 is 5.32 Å². The van der Waals surface area contributed by atoms with E-state index in [0.29, 0.717) is 27.5 Å². The number of benzene rings is 2. The first-order valence-electron chi connectivity index (χ1n) is 8.54. The lowest BCUT2D eigenvalue weighted by molar-refractivity contribution is -0.120. The Kier molecular flexibility index (Phi) is 4.43. The minimum Gasteiger partial charge on any atom is -0.323 e. The highest BCUT2D eigenvalue weighted by Crippen LogP contribution is 2.29. The molecule has 4 rings (SSSR count). The maximum atomic E-state index is 12.7. The summed E-state index contributed by atoms with van der Waals surface area (Å²) in [5.74, 6) is -0.510. The fourth-order valence-electron chi connectivity index (χ4n) is 3.13. The predicted molar refractivity (Wildman–Crippen MR) is 107 cm³/mol. The molecule has 0 radical (unpaired) electrons. The summed E-state index contributed by atoms with van der Waals surface area (Å²) < 4.78 is 24.1. The van der Waals surface area contributed by atoms with Gasteiger partial charge in [0.05, 0.1) is 15.1 Å². The number of thiazole rings is 1. The first-order chi connectivity index (χ1) is 13.2. The summed E-state index contributed by atoms with van der Waals surface area (Å²) in [5, 5.41) is 3.10. The van der Waals surface area contributed by atoms with Gasteiger partial charge in [-0.15, -0.1) is 0 Å². The molecule has 144 valence electrons. The van der Waals surface area contributed by atoms with Gasteiger partial charge in [-0.3, -0.25) is 9.59 Å². The second-order valence-electron chi connectivity index (χ2n) is 6.68. The number of hydrogen-bond acceptors (Lipinski definition) is 6. The first-order valence-corrected chi connectivity index (χ1v) is 11.3. The van der Waals surface area contributed by atoms with Gasteiger partial charge in [0.15, 0.2) is 15.0 Å². The van der Waals surface area contributed by atoms with Crippen molar-refractivity contribution in [3.63, 3.8) is 0 Å². The van der Waals surface area contributed by atoms with Crippen molar-refractivity contribution in [2.75, 3.05) is 11.6 Å². The molecule has 0 fully saturated rings. The number of anilines is 1. The number of aromatic nitrogens is 1. The summed E-state index contributed by atoms with van der Waals surface area (Å²) in [5.41, 5.74) is 2.13. The molecule has 2 amide bonds. The number of carbonyl (C=O) groups is 2. The average Bonchev–Trinajstić information content (AvgIpc) is 3.20. The van der Waals surface area contributed by atoms with E-state index in [4.69, 9.17) is 0 Å². The van der Waals surface area contributed by atoms with Crippen molar-refractivity contribution in [3.8, 4) is 0 Å². The van der Waals surface area contributed by atoms with E-state index in [9.17, 15) is 18.0 Å². The van der Waals surface area contributed by atoms with Gasteiger partial charge in [-0.1, -0.05) is 29.5 Å². The van der Waals surface area contributed by atoms with Crippen LogP contribution in [-0.2, 0) is 21.2 Å². The number of nitrogens with one attached hydrogen (secondary N) is 1. The Labute approximate surface area is 165 Å². The zero-order valence-corrected chi connectivity index (χ0v) is 16.8. The van der Waals surface area contributed by atoms with Gasteiger partial charge in [0.1, 0.15) is 6.04 Å². The Bertz CT molecular complexity index is 1220. The number of amides is 2. The minimum absolute atomic E-state index is 0.166. The lowest BCUT2D eigenvalue weighted by atomic mass is 10.1. The van der Waals surface area contributed by atoms with Gasteiger partial charge in [-0.25, -0.2) is 13.4 Å². The van der Waals surface area contributed by atoms with Gasteiger partial charge in [0.25, 0.3) is 5.91 Å². The van der Waals surface area contributed by atoms with Gasteiger partial charge >= 0.3 is 0 Å². The van der Waals surface area contributed by atoms with Crippen LogP contribution in [0, 0.1) is 0 Å². The molecule has 1 aliphatic rings. The van der Waals surface area contributed by atoms with Crippen LogP contribution in [-0.4, -0.2) is 42.4 Å². The number of nitrogens with zero attached hydrogens (tertiary/aromatic N) is 2. The minimum atomic E-state index is -3.32. The zero-order valence-electron chi connectivity index (χ0n) is 15.2. The van der Waals surface area contributed by atoms with Gasteiger partial charge in [0.2, 0.25) is 5.91 Å². The molecule has 7 nitrogen and oxygen atoms in total. The van der Waals surface area contributed by atoms with E-state index in [1.165, 1.54) is 22.3 Å². The van der Waals surface area contributed by atoms with Crippen molar-refractivity contribution in [2.24, 2.45) is 0 Å². The standard InChI is InChI=1S/C19H17N3O4S2/c1-11(22-10-12-5-3-4-6-14(12)18(22)24)17(23)21-19-20-15-8-7-13(28(2,25)26)9-16(15)27-19/h3-9,11H,10H2,1-2H3,(H,20,21,23). The number of rotatable bonds is 4. The Morgan fingerprint density at radius 2 is 2.00 bits per heavy atom. The Morgan fingerprint density at radius 3 is 2.71 bits per heavy atom. The van der Waals surface area contributed by atoms with Crippen LogP contribution in [0.1, 0.15) is 22.8 Å². The number of carbonyl (C=O) groups excluding carboxylic acids is 2. The quantitative estimate of drug-likeness (QED) is 0.707. The highest BCUT2D eigenvalue weighted by molar-refractivity contribution is 7.90. The van der Waals surface area contributed by atoms with Gasteiger partial charge in [0, 0.05) is 18.4 Å². The molecule has 0 spiro atoms. The number of hydrogen-bond donors (Lipinski definition) is 1. The second kappa shape index (κ2) is 6.68. The van der Waals surface area contributed by atoms with Gasteiger partial charge in [-0.2, -0.15) is 0 Å². The number of sulfone groups is 1. The Morgan fingerprint density at radius 1 is 1.25 bits per heavy atom. The molecule has 1 unspecified atom stereocenters. The second-order valence-corrected chi connectivity index (χ2v) is 9.72. The maximum absolute atomic E-state index is 12.7. The molecule has 1 N–H and O–H groups in total. The molecule has 1 aromatic heterocycles. The van der Waals surface area contributed by atoms with E-state index >= 15 is 0 Å². The molecule has 0 bridgehead atoms. The van der Waals surface area contributed by atoms with E-state index in [1.54, 1.807) is 31.2 Å². The smallest absolute Gasteiger partial charge is 0.255 e. The van der Waals surface area contributed by atoms with E-state index in [2.05, 4.69) is 10.3 Å². The molecule has 2 heterocycles. The highest BCUT2D eigenvalue weighted by Gasteiger charge is 2.33. The van der Waals surface area contributed by atoms with Crippen molar-refractivity contribution in [2.45, 2.75) is 24.4 Å². The van der Waals surface area contributed by atoms with E-state index in [-0.39, 0.29) is 16.7 Å². The molecule has 9 heteroatoms. The molecule has 2 aromatic carbocycles. The van der Waals surface area contributed by atoms with Crippen LogP contribution in [0.15, 0.2) is 47.4 Å². The van der Waals surface area contributed by atoms with Gasteiger partial charge < -0.3 is 10.2 Å². The van der Waals surface area contributed by atoms with Crippen molar-refractivity contribution >= 4 is 48.3 Å². The Hall–Kier alpha value is -2.78. The molecule has 0 saturated carbocycles. The van der Waals surface area contributed by atoms with Crippen LogP contribution in [0.5, 0.6) is 0 Å². The molecule has 0 saturated heterocycles. The summed E-state index contributed by atoms with van der Waals surface area (Å²) in [6, 6.07) is 11.3. The zero-order chi connectivity index (χ0) is 20.1. The van der Waals surface area contributed by atoms with Crippen LogP contribution in [0.2, 0.25) is 0 Å². The fourth-order valence-corrected chi connectivity index (χ4v) is 4.76. The van der Waals surface area contributed by atoms with Crippen LogP contribution in [0.4, 0.5) is 5.13 Å². The van der Waals surface area contributed by atoms with E-state index in [0.717, 1.165) is 11.8 Å². The molecule has 28 heavy (non-hydrogen) atoms. The van der Waals surface area contributed by atoms with Crippen molar-refractivity contribution < 1.29 is 18.0 Å². The third kappa shape index (κ3) is 3.27.